The van der Waals surface area contributed by atoms with E-state index in [9.17, 15) is 0 Å². The fraction of sp³-hybridized carbons (Fsp3) is 1.00. The van der Waals surface area contributed by atoms with Crippen molar-refractivity contribution in [1.82, 2.24) is 5.32 Å². The Balaban J connectivity index is 3.79. The topological polar surface area (TPSA) is 30.5 Å². The molecule has 0 bridgehead atoms. The summed E-state index contributed by atoms with van der Waals surface area (Å²) in [6.45, 7) is 4.22. The first-order chi connectivity index (χ1) is 5.05. The number of hydrogen-bond acceptors (Lipinski definition) is 3. The Morgan fingerprint density at radius 2 is 1.73 bits per heavy atom. The Bertz CT molecular complexity index is 100. The molecular weight excluding hydrogens is 142 g/mol. The molecule has 0 aliphatic rings. The minimum Gasteiger partial charge on any atom is -0.356 e. The standard InChI is InChI=1S/C8H19NO2/c1-8(2,9-3)6-7(10-4)11-5/h7,9H,6H2,1-5H3. The molecule has 0 saturated heterocycles. The molecule has 0 aromatic carbocycles. The zero-order valence-corrected chi connectivity index (χ0v) is 8.10. The summed E-state index contributed by atoms with van der Waals surface area (Å²) in [4.78, 5) is 0. The smallest absolute Gasteiger partial charge is 0.158 e. The molecule has 0 amide bonds. The number of rotatable bonds is 5. The van der Waals surface area contributed by atoms with Gasteiger partial charge in [-0.1, -0.05) is 0 Å². The van der Waals surface area contributed by atoms with Gasteiger partial charge in [0.05, 0.1) is 0 Å². The van der Waals surface area contributed by atoms with Crippen LogP contribution in [0.5, 0.6) is 0 Å². The SMILES string of the molecule is CNC(C)(C)CC(OC)OC. The van der Waals surface area contributed by atoms with Gasteiger partial charge in [0.15, 0.2) is 6.29 Å². The summed E-state index contributed by atoms with van der Waals surface area (Å²) < 4.78 is 10.1. The van der Waals surface area contributed by atoms with Gasteiger partial charge in [-0.15, -0.1) is 0 Å². The van der Waals surface area contributed by atoms with Crippen molar-refractivity contribution in [2.24, 2.45) is 0 Å². The Labute approximate surface area is 69.1 Å². The summed E-state index contributed by atoms with van der Waals surface area (Å²) in [7, 11) is 5.24. The van der Waals surface area contributed by atoms with E-state index in [2.05, 4.69) is 19.2 Å². The van der Waals surface area contributed by atoms with Crippen LogP contribution in [0.25, 0.3) is 0 Å². The maximum absolute atomic E-state index is 5.07. The third-order valence-corrected chi connectivity index (χ3v) is 1.88. The van der Waals surface area contributed by atoms with E-state index in [1.54, 1.807) is 14.2 Å². The van der Waals surface area contributed by atoms with Crippen molar-refractivity contribution in [2.75, 3.05) is 21.3 Å². The molecule has 0 radical (unpaired) electrons. The maximum Gasteiger partial charge on any atom is 0.158 e. The second-order valence-electron chi connectivity index (χ2n) is 3.24. The Morgan fingerprint density at radius 1 is 1.27 bits per heavy atom. The molecule has 3 heteroatoms. The largest absolute Gasteiger partial charge is 0.356 e. The Hall–Kier alpha value is -0.120. The molecule has 0 saturated carbocycles. The van der Waals surface area contributed by atoms with Gasteiger partial charge in [-0.3, -0.25) is 0 Å². The van der Waals surface area contributed by atoms with E-state index in [0.29, 0.717) is 0 Å². The van der Waals surface area contributed by atoms with Crippen LogP contribution in [0.3, 0.4) is 0 Å². The zero-order valence-electron chi connectivity index (χ0n) is 8.10. The van der Waals surface area contributed by atoms with Gasteiger partial charge in [0.2, 0.25) is 0 Å². The molecule has 0 atom stereocenters. The first-order valence-electron chi connectivity index (χ1n) is 3.80. The lowest BCUT2D eigenvalue weighted by Crippen LogP contribution is -2.40. The zero-order chi connectivity index (χ0) is 8.91. The van der Waals surface area contributed by atoms with E-state index in [0.717, 1.165) is 6.42 Å². The van der Waals surface area contributed by atoms with Crippen molar-refractivity contribution in [3.63, 3.8) is 0 Å². The molecule has 0 rings (SSSR count). The van der Waals surface area contributed by atoms with Crippen LogP contribution in [0.4, 0.5) is 0 Å². The van der Waals surface area contributed by atoms with Gasteiger partial charge in [-0.2, -0.15) is 0 Å². The van der Waals surface area contributed by atoms with Gasteiger partial charge in [0, 0.05) is 26.2 Å². The van der Waals surface area contributed by atoms with E-state index in [-0.39, 0.29) is 11.8 Å². The molecule has 3 nitrogen and oxygen atoms in total. The third kappa shape index (κ3) is 4.35. The van der Waals surface area contributed by atoms with Gasteiger partial charge in [0.25, 0.3) is 0 Å². The van der Waals surface area contributed by atoms with Crippen LogP contribution in [0, 0.1) is 0 Å². The van der Waals surface area contributed by atoms with Crippen LogP contribution in [-0.2, 0) is 9.47 Å². The van der Waals surface area contributed by atoms with Crippen molar-refractivity contribution in [3.8, 4) is 0 Å². The monoisotopic (exact) mass is 161 g/mol. The Morgan fingerprint density at radius 3 is 2.00 bits per heavy atom. The summed E-state index contributed by atoms with van der Waals surface area (Å²) >= 11 is 0. The predicted molar refractivity (Wildman–Crippen MR) is 45.6 cm³/mol. The molecular formula is C8H19NO2. The number of hydrogen-bond donors (Lipinski definition) is 1. The van der Waals surface area contributed by atoms with Crippen LogP contribution in [0.15, 0.2) is 0 Å². The number of ether oxygens (including phenoxy) is 2. The number of methoxy groups -OCH3 is 2. The van der Waals surface area contributed by atoms with Crippen molar-refractivity contribution in [3.05, 3.63) is 0 Å². The van der Waals surface area contributed by atoms with Crippen molar-refractivity contribution in [1.29, 1.82) is 0 Å². The fourth-order valence-electron chi connectivity index (χ4n) is 0.782. The molecule has 0 unspecified atom stereocenters. The highest BCUT2D eigenvalue weighted by Crippen LogP contribution is 2.12. The van der Waals surface area contributed by atoms with Gasteiger partial charge in [-0.25, -0.2) is 0 Å². The molecule has 0 spiro atoms. The van der Waals surface area contributed by atoms with Gasteiger partial charge in [-0.05, 0) is 20.9 Å². The third-order valence-electron chi connectivity index (χ3n) is 1.88. The summed E-state index contributed by atoms with van der Waals surface area (Å²) in [6, 6.07) is 0. The lowest BCUT2D eigenvalue weighted by molar-refractivity contribution is -0.116. The average molecular weight is 161 g/mol. The summed E-state index contributed by atoms with van der Waals surface area (Å²) in [5, 5.41) is 3.18. The van der Waals surface area contributed by atoms with Crippen molar-refractivity contribution < 1.29 is 9.47 Å². The predicted octanol–water partition coefficient (Wildman–Crippen LogP) is 0.993. The number of nitrogens with one attached hydrogen (secondary N) is 1. The fourth-order valence-corrected chi connectivity index (χ4v) is 0.782. The molecule has 0 aromatic rings. The average Bonchev–Trinajstić information content (AvgIpc) is 2.00. The van der Waals surface area contributed by atoms with Crippen LogP contribution in [0.1, 0.15) is 20.3 Å². The maximum atomic E-state index is 5.07. The quantitative estimate of drug-likeness (QED) is 0.610. The molecule has 0 aliphatic carbocycles. The molecule has 0 heterocycles. The normalized spacial score (nSPS) is 12.5. The molecule has 1 N–H and O–H groups in total. The molecule has 0 fully saturated rings. The van der Waals surface area contributed by atoms with E-state index >= 15 is 0 Å². The van der Waals surface area contributed by atoms with Crippen LogP contribution >= 0.6 is 0 Å². The molecule has 11 heavy (non-hydrogen) atoms. The van der Waals surface area contributed by atoms with E-state index in [1.807, 2.05) is 7.05 Å². The molecule has 0 aliphatic heterocycles. The minimum absolute atomic E-state index is 0.0662. The van der Waals surface area contributed by atoms with Crippen LogP contribution < -0.4 is 5.32 Å². The lowest BCUT2D eigenvalue weighted by Gasteiger charge is -2.27. The van der Waals surface area contributed by atoms with E-state index < -0.39 is 0 Å². The van der Waals surface area contributed by atoms with Gasteiger partial charge < -0.3 is 14.8 Å². The van der Waals surface area contributed by atoms with Crippen molar-refractivity contribution in [2.45, 2.75) is 32.1 Å². The summed E-state index contributed by atoms with van der Waals surface area (Å²) in [5.74, 6) is 0. The lowest BCUT2D eigenvalue weighted by atomic mass is 10.0. The van der Waals surface area contributed by atoms with E-state index in [1.165, 1.54) is 0 Å². The first-order valence-corrected chi connectivity index (χ1v) is 3.80. The summed E-state index contributed by atoms with van der Waals surface area (Å²) in [5.41, 5.74) is 0.0662. The second kappa shape index (κ2) is 4.70. The second-order valence-corrected chi connectivity index (χ2v) is 3.24. The molecule has 68 valence electrons. The highest BCUT2D eigenvalue weighted by Gasteiger charge is 2.20. The van der Waals surface area contributed by atoms with Crippen LogP contribution in [0.2, 0.25) is 0 Å². The molecule has 0 aromatic heterocycles. The highest BCUT2D eigenvalue weighted by molar-refractivity contribution is 4.76. The van der Waals surface area contributed by atoms with Crippen LogP contribution in [-0.4, -0.2) is 33.1 Å². The van der Waals surface area contributed by atoms with Gasteiger partial charge >= 0.3 is 0 Å². The first kappa shape index (κ1) is 10.9. The van der Waals surface area contributed by atoms with Crippen molar-refractivity contribution >= 4 is 0 Å². The summed E-state index contributed by atoms with van der Waals surface area (Å²) in [6.07, 6.45) is 0.730. The van der Waals surface area contributed by atoms with E-state index in [4.69, 9.17) is 9.47 Å². The highest BCUT2D eigenvalue weighted by atomic mass is 16.7. The minimum atomic E-state index is -0.113. The Kier molecular flexibility index (Phi) is 4.65. The van der Waals surface area contributed by atoms with Gasteiger partial charge in [0.1, 0.15) is 0 Å².